The molecule has 6 heteroatoms. The smallest absolute Gasteiger partial charge is 0.316 e. The third-order valence-electron chi connectivity index (χ3n) is 4.72. The van der Waals surface area contributed by atoms with E-state index in [1.165, 1.54) is 25.9 Å². The van der Waals surface area contributed by atoms with E-state index in [1.54, 1.807) is 24.5 Å². The molecule has 3 fully saturated rings. The van der Waals surface area contributed by atoms with Crippen molar-refractivity contribution in [1.29, 1.82) is 0 Å². The van der Waals surface area contributed by atoms with Gasteiger partial charge in [0.2, 0.25) is 0 Å². The van der Waals surface area contributed by atoms with Gasteiger partial charge in [0.1, 0.15) is 6.10 Å². The fraction of sp³-hybridized carbons (Fsp3) is 0.412. The SMILES string of the molecule is Clc1ccc(Cl)c(-c2cnc(OC3CN4CCC3CC4)nc2)c1. The molecule has 23 heavy (non-hydrogen) atoms. The van der Waals surface area contributed by atoms with E-state index < -0.39 is 0 Å². The van der Waals surface area contributed by atoms with Crippen molar-refractivity contribution in [2.75, 3.05) is 19.6 Å². The molecule has 0 aliphatic carbocycles. The number of hydrogen-bond donors (Lipinski definition) is 0. The maximum atomic E-state index is 6.22. The Morgan fingerprint density at radius 3 is 2.48 bits per heavy atom. The van der Waals surface area contributed by atoms with Crippen molar-refractivity contribution in [1.82, 2.24) is 14.9 Å². The van der Waals surface area contributed by atoms with Gasteiger partial charge in [-0.2, -0.15) is 0 Å². The highest BCUT2D eigenvalue weighted by atomic mass is 35.5. The molecule has 3 saturated heterocycles. The second-order valence-electron chi connectivity index (χ2n) is 6.17. The minimum absolute atomic E-state index is 0.207. The lowest BCUT2D eigenvalue weighted by Gasteiger charge is -2.43. The molecule has 1 unspecified atom stereocenters. The van der Waals surface area contributed by atoms with Gasteiger partial charge in [-0.25, -0.2) is 9.97 Å². The first-order valence-corrected chi connectivity index (χ1v) is 8.61. The molecule has 0 amide bonds. The lowest BCUT2D eigenvalue weighted by atomic mass is 9.86. The fourth-order valence-corrected chi connectivity index (χ4v) is 3.81. The van der Waals surface area contributed by atoms with Gasteiger partial charge in [0, 0.05) is 40.1 Å². The second-order valence-corrected chi connectivity index (χ2v) is 7.02. The Labute approximate surface area is 145 Å². The zero-order chi connectivity index (χ0) is 15.8. The Bertz CT molecular complexity index is 699. The first-order valence-electron chi connectivity index (χ1n) is 7.85. The third kappa shape index (κ3) is 3.16. The average Bonchev–Trinajstić information content (AvgIpc) is 2.59. The van der Waals surface area contributed by atoms with Crippen LogP contribution in [0.1, 0.15) is 12.8 Å². The van der Waals surface area contributed by atoms with E-state index in [9.17, 15) is 0 Å². The van der Waals surface area contributed by atoms with Crippen LogP contribution in [0.5, 0.6) is 6.01 Å². The number of aromatic nitrogens is 2. The highest BCUT2D eigenvalue weighted by Crippen LogP contribution is 2.32. The normalized spacial score (nSPS) is 26.3. The van der Waals surface area contributed by atoms with Crippen LogP contribution in [0.2, 0.25) is 10.0 Å². The number of benzene rings is 1. The minimum Gasteiger partial charge on any atom is -0.458 e. The van der Waals surface area contributed by atoms with Crippen molar-refractivity contribution in [2.24, 2.45) is 5.92 Å². The average molecular weight is 350 g/mol. The van der Waals surface area contributed by atoms with Crippen LogP contribution in [0.3, 0.4) is 0 Å². The maximum Gasteiger partial charge on any atom is 0.316 e. The van der Waals surface area contributed by atoms with Crippen LogP contribution in [0.25, 0.3) is 11.1 Å². The van der Waals surface area contributed by atoms with E-state index in [0.29, 0.717) is 22.0 Å². The van der Waals surface area contributed by atoms with E-state index in [-0.39, 0.29) is 6.10 Å². The molecule has 1 aromatic heterocycles. The second kappa shape index (κ2) is 6.27. The summed E-state index contributed by atoms with van der Waals surface area (Å²) in [5, 5.41) is 1.26. The molecule has 0 saturated carbocycles. The van der Waals surface area contributed by atoms with Crippen LogP contribution < -0.4 is 4.74 Å². The number of nitrogens with zero attached hydrogens (tertiary/aromatic N) is 3. The highest BCUT2D eigenvalue weighted by molar-refractivity contribution is 6.35. The number of rotatable bonds is 3. The molecule has 4 heterocycles. The monoisotopic (exact) mass is 349 g/mol. The van der Waals surface area contributed by atoms with Gasteiger partial charge in [0.05, 0.1) is 0 Å². The van der Waals surface area contributed by atoms with E-state index in [2.05, 4.69) is 14.9 Å². The molecule has 1 atom stereocenters. The summed E-state index contributed by atoms with van der Waals surface area (Å²) in [4.78, 5) is 11.1. The molecule has 120 valence electrons. The Morgan fingerprint density at radius 2 is 1.83 bits per heavy atom. The molecule has 0 N–H and O–H groups in total. The van der Waals surface area contributed by atoms with Gasteiger partial charge in [0.15, 0.2) is 0 Å². The standard InChI is InChI=1S/C17H17Cl2N3O/c18-13-1-2-15(19)14(7-13)12-8-20-17(21-9-12)23-16-10-22-5-3-11(16)4-6-22/h1-2,7-9,11,16H,3-6,10H2. The first-order chi connectivity index (χ1) is 11.2. The van der Waals surface area contributed by atoms with Crippen molar-refractivity contribution in [2.45, 2.75) is 18.9 Å². The molecule has 0 spiro atoms. The number of hydrogen-bond acceptors (Lipinski definition) is 4. The topological polar surface area (TPSA) is 38.2 Å². The largest absolute Gasteiger partial charge is 0.458 e. The van der Waals surface area contributed by atoms with Gasteiger partial charge >= 0.3 is 6.01 Å². The summed E-state index contributed by atoms with van der Waals surface area (Å²) in [6.45, 7) is 3.37. The van der Waals surface area contributed by atoms with Crippen LogP contribution in [0.15, 0.2) is 30.6 Å². The molecular weight excluding hydrogens is 333 g/mol. The highest BCUT2D eigenvalue weighted by Gasteiger charge is 2.35. The van der Waals surface area contributed by atoms with Gasteiger partial charge in [-0.05, 0) is 50.0 Å². The lowest BCUT2D eigenvalue weighted by Crippen LogP contribution is -2.52. The van der Waals surface area contributed by atoms with Crippen molar-refractivity contribution < 1.29 is 4.74 Å². The summed E-state index contributed by atoms with van der Waals surface area (Å²) in [5.74, 6) is 0.630. The van der Waals surface area contributed by atoms with E-state index in [0.717, 1.165) is 17.7 Å². The molecule has 5 rings (SSSR count). The number of fused-ring (bicyclic) bond motifs is 3. The van der Waals surface area contributed by atoms with Gasteiger partial charge in [0.25, 0.3) is 0 Å². The molecule has 0 radical (unpaired) electrons. The van der Waals surface area contributed by atoms with Crippen LogP contribution in [-0.4, -0.2) is 40.6 Å². The van der Waals surface area contributed by atoms with Gasteiger partial charge < -0.3 is 4.74 Å². The summed E-state index contributed by atoms with van der Waals surface area (Å²) >= 11 is 12.3. The van der Waals surface area contributed by atoms with E-state index >= 15 is 0 Å². The minimum atomic E-state index is 0.207. The van der Waals surface area contributed by atoms with Gasteiger partial charge in [-0.1, -0.05) is 23.2 Å². The van der Waals surface area contributed by atoms with Crippen molar-refractivity contribution in [3.63, 3.8) is 0 Å². The summed E-state index contributed by atoms with van der Waals surface area (Å²) in [5.41, 5.74) is 1.66. The molecule has 3 aliphatic heterocycles. The van der Waals surface area contributed by atoms with Crippen molar-refractivity contribution >= 4 is 23.2 Å². The summed E-state index contributed by atoms with van der Waals surface area (Å²) in [6, 6.07) is 5.79. The van der Waals surface area contributed by atoms with Crippen LogP contribution in [0.4, 0.5) is 0 Å². The van der Waals surface area contributed by atoms with Crippen molar-refractivity contribution in [3.8, 4) is 17.1 Å². The molecule has 3 aliphatic rings. The Kier molecular flexibility index (Phi) is 4.14. The first kappa shape index (κ1) is 15.2. The molecule has 4 nitrogen and oxygen atoms in total. The maximum absolute atomic E-state index is 6.22. The predicted molar refractivity (Wildman–Crippen MR) is 91.1 cm³/mol. The van der Waals surface area contributed by atoms with E-state index in [1.807, 2.05) is 6.07 Å². The van der Waals surface area contributed by atoms with Crippen LogP contribution >= 0.6 is 23.2 Å². The Balaban J connectivity index is 1.51. The van der Waals surface area contributed by atoms with Crippen LogP contribution in [0, 0.1) is 5.92 Å². The third-order valence-corrected chi connectivity index (χ3v) is 5.29. The number of piperidine rings is 3. The Hall–Kier alpha value is -1.36. The zero-order valence-corrected chi connectivity index (χ0v) is 14.1. The zero-order valence-electron chi connectivity index (χ0n) is 12.6. The summed E-state index contributed by atoms with van der Waals surface area (Å²) in [7, 11) is 0. The molecule has 2 bridgehead atoms. The van der Waals surface area contributed by atoms with Gasteiger partial charge in [-0.3, -0.25) is 4.90 Å². The Morgan fingerprint density at radius 1 is 1.09 bits per heavy atom. The summed E-state index contributed by atoms with van der Waals surface area (Å²) < 4.78 is 6.01. The molecule has 1 aromatic carbocycles. The molecular formula is C17H17Cl2N3O. The van der Waals surface area contributed by atoms with Crippen LogP contribution in [-0.2, 0) is 0 Å². The van der Waals surface area contributed by atoms with Gasteiger partial charge in [-0.15, -0.1) is 0 Å². The van der Waals surface area contributed by atoms with E-state index in [4.69, 9.17) is 27.9 Å². The van der Waals surface area contributed by atoms with Crippen molar-refractivity contribution in [3.05, 3.63) is 40.6 Å². The number of halogens is 2. The fourth-order valence-electron chi connectivity index (χ4n) is 3.41. The summed E-state index contributed by atoms with van der Waals surface area (Å²) in [6.07, 6.45) is 6.10. The quantitative estimate of drug-likeness (QED) is 0.841. The molecule has 2 aromatic rings. The number of ether oxygens (including phenoxy) is 1. The predicted octanol–water partition coefficient (Wildman–Crippen LogP) is 3.92. The lowest BCUT2D eigenvalue weighted by molar-refractivity contribution is -0.0123.